The molecule has 3 nitrogen and oxygen atoms in total. The van der Waals surface area contributed by atoms with Crippen molar-refractivity contribution < 1.29 is 22.7 Å². The van der Waals surface area contributed by atoms with E-state index in [1.54, 1.807) is 0 Å². The van der Waals surface area contributed by atoms with Gasteiger partial charge in [0, 0.05) is 11.8 Å². The summed E-state index contributed by atoms with van der Waals surface area (Å²) >= 11 is 0. The van der Waals surface area contributed by atoms with Gasteiger partial charge in [0.1, 0.15) is 5.82 Å². The maximum Gasteiger partial charge on any atom is 0.340 e. The third-order valence-electron chi connectivity index (χ3n) is 2.50. The Morgan fingerprint density at radius 2 is 1.94 bits per heavy atom. The Hall–Kier alpha value is -1.98. The highest BCUT2D eigenvalue weighted by molar-refractivity contribution is 6.05. The van der Waals surface area contributed by atoms with Crippen molar-refractivity contribution in [3.8, 4) is 0 Å². The molecule has 17 heavy (non-hydrogen) atoms. The molecule has 0 saturated carbocycles. The van der Waals surface area contributed by atoms with Crippen LogP contribution >= 0.6 is 0 Å². The summed E-state index contributed by atoms with van der Waals surface area (Å²) in [5.74, 6) is -4.35. The molecule has 0 saturated heterocycles. The summed E-state index contributed by atoms with van der Waals surface area (Å²) in [6, 6.07) is 0.400. The van der Waals surface area contributed by atoms with Crippen molar-refractivity contribution in [3.63, 3.8) is 0 Å². The topological polar surface area (TPSA) is 42.1 Å². The summed E-state index contributed by atoms with van der Waals surface area (Å²) < 4.78 is 44.4. The molecule has 90 valence electrons. The van der Waals surface area contributed by atoms with Gasteiger partial charge in [0.05, 0.1) is 23.6 Å². The van der Waals surface area contributed by atoms with Crippen LogP contribution in [-0.4, -0.2) is 18.1 Å². The van der Waals surface area contributed by atoms with E-state index in [9.17, 15) is 18.0 Å². The van der Waals surface area contributed by atoms with Crippen LogP contribution in [0.4, 0.5) is 13.2 Å². The lowest BCUT2D eigenvalue weighted by molar-refractivity contribution is 0.0602. The fourth-order valence-corrected chi connectivity index (χ4v) is 1.75. The van der Waals surface area contributed by atoms with Crippen molar-refractivity contribution in [3.05, 3.63) is 34.8 Å². The van der Waals surface area contributed by atoms with E-state index >= 15 is 0 Å². The van der Waals surface area contributed by atoms with Gasteiger partial charge in [-0.2, -0.15) is 0 Å². The number of fused-ring (bicyclic) bond motifs is 1. The fraction of sp³-hybridized carbons (Fsp3) is 0.182. The highest BCUT2D eigenvalue weighted by atomic mass is 19.2. The number of rotatable bonds is 1. The van der Waals surface area contributed by atoms with Gasteiger partial charge in [-0.05, 0) is 6.92 Å². The van der Waals surface area contributed by atoms with Crippen molar-refractivity contribution >= 4 is 16.9 Å². The molecule has 0 spiro atoms. The molecule has 2 aromatic rings. The molecule has 0 fully saturated rings. The molecule has 1 N–H and O–H groups in total. The van der Waals surface area contributed by atoms with Crippen LogP contribution in [0.15, 0.2) is 6.07 Å². The monoisotopic (exact) mass is 243 g/mol. The van der Waals surface area contributed by atoms with Gasteiger partial charge >= 0.3 is 5.97 Å². The number of hydrogen-bond acceptors (Lipinski definition) is 2. The number of nitrogens with one attached hydrogen (secondary N) is 1. The van der Waals surface area contributed by atoms with E-state index in [-0.39, 0.29) is 22.2 Å². The zero-order valence-electron chi connectivity index (χ0n) is 9.03. The molecule has 1 aromatic heterocycles. The van der Waals surface area contributed by atoms with Crippen LogP contribution in [0.5, 0.6) is 0 Å². The van der Waals surface area contributed by atoms with E-state index in [4.69, 9.17) is 0 Å². The number of methoxy groups -OCH3 is 1. The van der Waals surface area contributed by atoms with Gasteiger partial charge in [-0.1, -0.05) is 0 Å². The first-order valence-electron chi connectivity index (χ1n) is 4.71. The molecular weight excluding hydrogens is 235 g/mol. The summed E-state index contributed by atoms with van der Waals surface area (Å²) in [6.45, 7) is 1.45. The van der Waals surface area contributed by atoms with Crippen LogP contribution in [0.2, 0.25) is 0 Å². The predicted octanol–water partition coefficient (Wildman–Crippen LogP) is 2.68. The number of carbonyl (C=O) groups excluding carboxylic acids is 1. The second-order valence-corrected chi connectivity index (χ2v) is 3.52. The van der Waals surface area contributed by atoms with Crippen molar-refractivity contribution in [2.75, 3.05) is 7.11 Å². The molecule has 0 aliphatic heterocycles. The van der Waals surface area contributed by atoms with Gasteiger partial charge in [0.25, 0.3) is 0 Å². The predicted molar refractivity (Wildman–Crippen MR) is 54.2 cm³/mol. The molecule has 6 heteroatoms. The van der Waals surface area contributed by atoms with E-state index < -0.39 is 23.4 Å². The molecule has 0 aliphatic rings. The van der Waals surface area contributed by atoms with Gasteiger partial charge in [-0.3, -0.25) is 0 Å². The van der Waals surface area contributed by atoms with Gasteiger partial charge < -0.3 is 9.72 Å². The molecule has 0 radical (unpaired) electrons. The Bertz CT molecular complexity index is 619. The normalized spacial score (nSPS) is 10.9. The minimum atomic E-state index is -1.31. The first-order valence-corrected chi connectivity index (χ1v) is 4.71. The second-order valence-electron chi connectivity index (χ2n) is 3.52. The molecule has 2 rings (SSSR count). The minimum absolute atomic E-state index is 0.126. The number of esters is 1. The third kappa shape index (κ3) is 1.56. The first kappa shape index (κ1) is 11.5. The van der Waals surface area contributed by atoms with Gasteiger partial charge in [-0.25, -0.2) is 18.0 Å². The van der Waals surface area contributed by atoms with Crippen molar-refractivity contribution in [2.45, 2.75) is 6.92 Å². The van der Waals surface area contributed by atoms with Crippen molar-refractivity contribution in [1.29, 1.82) is 0 Å². The number of hydrogen-bond donors (Lipinski definition) is 1. The van der Waals surface area contributed by atoms with Crippen LogP contribution in [0, 0.1) is 24.4 Å². The van der Waals surface area contributed by atoms with Gasteiger partial charge in [-0.15, -0.1) is 0 Å². The Balaban J connectivity index is 2.92. The number of carbonyl (C=O) groups is 1. The largest absolute Gasteiger partial charge is 0.465 e. The lowest BCUT2D eigenvalue weighted by Gasteiger charge is -2.00. The zero-order valence-corrected chi connectivity index (χ0v) is 9.03. The maximum atomic E-state index is 13.6. The summed E-state index contributed by atoms with van der Waals surface area (Å²) in [4.78, 5) is 13.9. The first-order chi connectivity index (χ1) is 7.97. The van der Waals surface area contributed by atoms with Crippen LogP contribution < -0.4 is 0 Å². The third-order valence-corrected chi connectivity index (χ3v) is 2.50. The highest BCUT2D eigenvalue weighted by Crippen LogP contribution is 2.29. The zero-order chi connectivity index (χ0) is 12.7. The Morgan fingerprint density at radius 3 is 2.53 bits per heavy atom. The Morgan fingerprint density at radius 1 is 1.29 bits per heavy atom. The minimum Gasteiger partial charge on any atom is -0.465 e. The average Bonchev–Trinajstić information content (AvgIpc) is 2.63. The number of aryl methyl sites for hydroxylation is 1. The van der Waals surface area contributed by atoms with Gasteiger partial charge in [0.15, 0.2) is 11.6 Å². The quantitative estimate of drug-likeness (QED) is 0.618. The van der Waals surface area contributed by atoms with E-state index in [0.717, 1.165) is 7.11 Å². The molecule has 0 bridgehead atoms. The van der Waals surface area contributed by atoms with Crippen LogP contribution in [0.3, 0.4) is 0 Å². The molecule has 1 aromatic carbocycles. The molecule has 1 heterocycles. The maximum absolute atomic E-state index is 13.6. The molecule has 0 unspecified atom stereocenters. The summed E-state index contributed by atoms with van der Waals surface area (Å²) in [5, 5.41) is -0.298. The van der Waals surface area contributed by atoms with E-state index in [1.165, 1.54) is 6.92 Å². The van der Waals surface area contributed by atoms with E-state index in [1.807, 2.05) is 0 Å². The number of aromatic nitrogens is 1. The van der Waals surface area contributed by atoms with Crippen LogP contribution in [0.25, 0.3) is 10.9 Å². The van der Waals surface area contributed by atoms with Gasteiger partial charge in [0.2, 0.25) is 0 Å². The summed E-state index contributed by atoms with van der Waals surface area (Å²) in [7, 11) is 1.12. The van der Waals surface area contributed by atoms with E-state index in [0.29, 0.717) is 6.07 Å². The fourth-order valence-electron chi connectivity index (χ4n) is 1.75. The second kappa shape index (κ2) is 3.80. The smallest absolute Gasteiger partial charge is 0.340 e. The summed E-state index contributed by atoms with van der Waals surface area (Å²) in [6.07, 6.45) is 0. The number of halogens is 3. The number of ether oxygens (including phenoxy) is 1. The van der Waals surface area contributed by atoms with Crippen LogP contribution in [0.1, 0.15) is 16.1 Å². The number of aromatic amines is 1. The summed E-state index contributed by atoms with van der Waals surface area (Å²) in [5.41, 5.74) is -0.283. The van der Waals surface area contributed by atoms with Crippen LogP contribution in [-0.2, 0) is 4.74 Å². The molecule has 0 atom stereocenters. The Labute approximate surface area is 94.2 Å². The molecular formula is C11H8F3NO2. The number of H-pyrrole nitrogens is 1. The lowest BCUT2D eigenvalue weighted by atomic mass is 10.1. The lowest BCUT2D eigenvalue weighted by Crippen LogP contribution is -2.03. The average molecular weight is 243 g/mol. The number of benzene rings is 1. The highest BCUT2D eigenvalue weighted by Gasteiger charge is 2.23. The SMILES string of the molecule is COC(=O)c1c(C)[nH]c2c(F)c(F)cc(F)c12. The molecule has 0 amide bonds. The van der Waals surface area contributed by atoms with Crippen molar-refractivity contribution in [2.24, 2.45) is 0 Å². The van der Waals surface area contributed by atoms with E-state index in [2.05, 4.69) is 9.72 Å². The van der Waals surface area contributed by atoms with Crippen molar-refractivity contribution in [1.82, 2.24) is 4.98 Å². The Kier molecular flexibility index (Phi) is 2.57. The molecule has 0 aliphatic carbocycles. The standard InChI is InChI=1S/C11H8F3NO2/c1-4-7(11(16)17-2)8-5(12)3-6(13)9(14)10(8)15-4/h3,15H,1-2H3.